The SMILES string of the molecule is Cn1cc2ccc(=O)nc3c2c1N=C(N)N3. The van der Waals surface area contributed by atoms with Crippen LogP contribution in [0.2, 0.25) is 0 Å². The van der Waals surface area contributed by atoms with E-state index < -0.39 is 0 Å². The molecule has 0 aromatic carbocycles. The van der Waals surface area contributed by atoms with Gasteiger partial charge in [-0.25, -0.2) is 0 Å². The van der Waals surface area contributed by atoms with Crippen LogP contribution >= 0.6 is 0 Å². The lowest BCUT2D eigenvalue weighted by molar-refractivity contribution is 0.928. The second-order valence-corrected chi connectivity index (χ2v) is 3.65. The van der Waals surface area contributed by atoms with Crippen molar-refractivity contribution in [1.82, 2.24) is 9.55 Å². The highest BCUT2D eigenvalue weighted by atomic mass is 16.1. The molecule has 0 saturated heterocycles. The molecule has 0 spiro atoms. The molecule has 80 valence electrons. The van der Waals surface area contributed by atoms with Gasteiger partial charge >= 0.3 is 0 Å². The number of aromatic nitrogens is 2. The molecular formula is C10H9N5O. The molecule has 0 fully saturated rings. The zero-order valence-electron chi connectivity index (χ0n) is 8.56. The van der Waals surface area contributed by atoms with Crippen LogP contribution in [-0.4, -0.2) is 15.5 Å². The maximum atomic E-state index is 11.3. The first kappa shape index (κ1) is 8.90. The van der Waals surface area contributed by atoms with Crippen LogP contribution in [0.4, 0.5) is 11.6 Å². The van der Waals surface area contributed by atoms with Crippen LogP contribution in [0.25, 0.3) is 10.8 Å². The Morgan fingerprint density at radius 3 is 3.06 bits per heavy atom. The third-order valence-corrected chi connectivity index (χ3v) is 2.52. The Balaban J connectivity index is 2.56. The number of aliphatic imine (C=N–C) groups is 1. The van der Waals surface area contributed by atoms with Gasteiger partial charge in [0.1, 0.15) is 11.6 Å². The molecule has 16 heavy (non-hydrogen) atoms. The Bertz CT molecular complexity index is 685. The molecule has 0 unspecified atom stereocenters. The fraction of sp³-hybridized carbons (Fsp3) is 0.100. The number of anilines is 1. The summed E-state index contributed by atoms with van der Waals surface area (Å²) in [4.78, 5) is 19.4. The summed E-state index contributed by atoms with van der Waals surface area (Å²) in [5.74, 6) is 1.42. The number of nitrogens with two attached hydrogens (primary N) is 1. The highest BCUT2D eigenvalue weighted by molar-refractivity contribution is 6.10. The standard InChI is InChI=1S/C10H9N5O/c1-15-4-5-2-3-6(16)12-8-7(5)9(15)14-10(11)13-8/h2-4H,1H3,(H3,11,12,13,14,16). The minimum absolute atomic E-state index is 0.244. The van der Waals surface area contributed by atoms with Crippen LogP contribution in [0, 0.1) is 0 Å². The van der Waals surface area contributed by atoms with Crippen LogP contribution in [0.15, 0.2) is 28.1 Å². The molecule has 2 aromatic rings. The highest BCUT2D eigenvalue weighted by Gasteiger charge is 2.16. The minimum Gasteiger partial charge on any atom is -0.369 e. The zero-order valence-corrected chi connectivity index (χ0v) is 8.56. The first-order chi connectivity index (χ1) is 7.65. The summed E-state index contributed by atoms with van der Waals surface area (Å²) in [5.41, 5.74) is 5.32. The van der Waals surface area contributed by atoms with Crippen molar-refractivity contribution in [2.45, 2.75) is 0 Å². The van der Waals surface area contributed by atoms with Gasteiger partial charge in [0.15, 0.2) is 0 Å². The normalized spacial score (nSPS) is 13.4. The van der Waals surface area contributed by atoms with Crippen molar-refractivity contribution < 1.29 is 0 Å². The van der Waals surface area contributed by atoms with E-state index in [-0.39, 0.29) is 11.5 Å². The Kier molecular flexibility index (Phi) is 1.57. The Morgan fingerprint density at radius 2 is 2.25 bits per heavy atom. The molecule has 0 radical (unpaired) electrons. The number of hydrogen-bond acceptors (Lipinski definition) is 5. The van der Waals surface area contributed by atoms with Gasteiger partial charge in [-0.15, -0.1) is 0 Å². The van der Waals surface area contributed by atoms with E-state index >= 15 is 0 Å². The first-order valence-electron chi connectivity index (χ1n) is 4.77. The Morgan fingerprint density at radius 1 is 1.44 bits per heavy atom. The lowest BCUT2D eigenvalue weighted by Gasteiger charge is -2.10. The maximum Gasteiger partial charge on any atom is 0.271 e. The van der Waals surface area contributed by atoms with Gasteiger partial charge in [-0.3, -0.25) is 4.79 Å². The summed E-state index contributed by atoms with van der Waals surface area (Å²) in [6.45, 7) is 0. The number of nitrogens with zero attached hydrogens (tertiary/aromatic N) is 3. The van der Waals surface area contributed by atoms with Gasteiger partial charge in [0.05, 0.1) is 5.39 Å². The molecule has 0 aliphatic carbocycles. The number of rotatable bonds is 0. The van der Waals surface area contributed by atoms with E-state index in [1.165, 1.54) is 6.07 Å². The summed E-state index contributed by atoms with van der Waals surface area (Å²) in [6, 6.07) is 3.16. The largest absolute Gasteiger partial charge is 0.369 e. The number of aryl methyl sites for hydroxylation is 1. The van der Waals surface area contributed by atoms with Gasteiger partial charge in [0.25, 0.3) is 5.56 Å². The van der Waals surface area contributed by atoms with Crippen molar-refractivity contribution in [2.75, 3.05) is 5.32 Å². The smallest absolute Gasteiger partial charge is 0.271 e. The average Bonchev–Trinajstić information content (AvgIpc) is 2.43. The third-order valence-electron chi connectivity index (χ3n) is 2.52. The summed E-state index contributed by atoms with van der Waals surface area (Å²) in [7, 11) is 1.87. The van der Waals surface area contributed by atoms with Crippen molar-refractivity contribution in [3.63, 3.8) is 0 Å². The van der Waals surface area contributed by atoms with Crippen molar-refractivity contribution >= 4 is 28.4 Å². The van der Waals surface area contributed by atoms with Gasteiger partial charge in [-0.05, 0) is 6.07 Å². The number of hydrogen-bond donors (Lipinski definition) is 2. The van der Waals surface area contributed by atoms with E-state index in [1.54, 1.807) is 6.07 Å². The van der Waals surface area contributed by atoms with E-state index in [0.29, 0.717) is 11.6 Å². The van der Waals surface area contributed by atoms with Crippen molar-refractivity contribution in [2.24, 2.45) is 17.8 Å². The number of nitrogens with one attached hydrogen (secondary N) is 1. The van der Waals surface area contributed by atoms with Gasteiger partial charge in [0.2, 0.25) is 5.96 Å². The topological polar surface area (TPSA) is 85.3 Å². The molecule has 6 heteroatoms. The maximum absolute atomic E-state index is 11.3. The predicted molar refractivity (Wildman–Crippen MR) is 61.9 cm³/mol. The summed E-state index contributed by atoms with van der Waals surface area (Å²) in [6.07, 6.45) is 1.89. The zero-order chi connectivity index (χ0) is 11.3. The lowest BCUT2D eigenvalue weighted by atomic mass is 10.2. The molecule has 0 saturated carbocycles. The molecule has 0 amide bonds. The van der Waals surface area contributed by atoms with E-state index in [0.717, 1.165) is 10.8 Å². The monoisotopic (exact) mass is 215 g/mol. The van der Waals surface area contributed by atoms with Crippen molar-refractivity contribution in [1.29, 1.82) is 0 Å². The van der Waals surface area contributed by atoms with Gasteiger partial charge in [-0.1, -0.05) is 0 Å². The van der Waals surface area contributed by atoms with Crippen LogP contribution in [0.5, 0.6) is 0 Å². The van der Waals surface area contributed by atoms with Gasteiger partial charge < -0.3 is 15.6 Å². The average molecular weight is 215 g/mol. The molecule has 3 rings (SSSR count). The molecule has 0 bridgehead atoms. The molecule has 3 N–H and O–H groups in total. The quantitative estimate of drug-likeness (QED) is 0.662. The Labute approximate surface area is 90.4 Å². The predicted octanol–water partition coefficient (Wildman–Crippen LogP) is 0.305. The third kappa shape index (κ3) is 1.10. The van der Waals surface area contributed by atoms with Gasteiger partial charge in [0, 0.05) is 24.7 Å². The summed E-state index contributed by atoms with van der Waals surface area (Å²) in [5, 5.41) is 4.53. The highest BCUT2D eigenvalue weighted by Crippen LogP contribution is 2.33. The van der Waals surface area contributed by atoms with E-state index in [9.17, 15) is 4.79 Å². The molecule has 1 aliphatic heterocycles. The van der Waals surface area contributed by atoms with E-state index in [2.05, 4.69) is 15.3 Å². The van der Waals surface area contributed by atoms with Crippen molar-refractivity contribution in [3.8, 4) is 0 Å². The second kappa shape index (κ2) is 2.82. The molecule has 6 nitrogen and oxygen atoms in total. The fourth-order valence-electron chi connectivity index (χ4n) is 1.86. The fourth-order valence-corrected chi connectivity index (χ4v) is 1.86. The molecule has 1 aliphatic rings. The van der Waals surface area contributed by atoms with E-state index in [4.69, 9.17) is 5.73 Å². The van der Waals surface area contributed by atoms with Crippen LogP contribution in [0.1, 0.15) is 0 Å². The molecular weight excluding hydrogens is 206 g/mol. The molecule has 2 aromatic heterocycles. The van der Waals surface area contributed by atoms with Crippen molar-refractivity contribution in [3.05, 3.63) is 28.7 Å². The van der Waals surface area contributed by atoms with Crippen LogP contribution in [0.3, 0.4) is 0 Å². The van der Waals surface area contributed by atoms with Crippen LogP contribution < -0.4 is 16.6 Å². The van der Waals surface area contributed by atoms with Crippen LogP contribution in [-0.2, 0) is 7.05 Å². The number of guanidine groups is 1. The lowest BCUT2D eigenvalue weighted by Crippen LogP contribution is -2.25. The Hall–Kier alpha value is -2.37. The first-order valence-corrected chi connectivity index (χ1v) is 4.77. The van der Waals surface area contributed by atoms with E-state index in [1.807, 2.05) is 17.8 Å². The second-order valence-electron chi connectivity index (χ2n) is 3.65. The van der Waals surface area contributed by atoms with Gasteiger partial charge in [-0.2, -0.15) is 9.98 Å². The molecule has 3 heterocycles. The molecule has 0 atom stereocenters. The summed E-state index contributed by atoms with van der Waals surface area (Å²) >= 11 is 0. The minimum atomic E-state index is -0.304. The summed E-state index contributed by atoms with van der Waals surface area (Å²) < 4.78 is 1.86.